The summed E-state index contributed by atoms with van der Waals surface area (Å²) in [6.45, 7) is 10.3. The largest absolute Gasteiger partial charge is 0.478 e. The number of hydrogen-bond acceptors (Lipinski definition) is 4. The van der Waals surface area contributed by atoms with Crippen molar-refractivity contribution in [2.45, 2.75) is 78.4 Å². The number of piperidine rings is 1. The van der Waals surface area contributed by atoms with Crippen LogP contribution < -0.4 is 5.32 Å². The summed E-state index contributed by atoms with van der Waals surface area (Å²) in [6, 6.07) is -1.20. The highest BCUT2D eigenvalue weighted by Crippen LogP contribution is 2.20. The minimum atomic E-state index is -0.997. The van der Waals surface area contributed by atoms with Crippen LogP contribution in [0.1, 0.15) is 60.3 Å². The average Bonchev–Trinajstić information content (AvgIpc) is 2.68. The Balaban J connectivity index is 3.06. The number of carbonyl (C=O) groups is 3. The van der Waals surface area contributed by atoms with E-state index in [1.807, 2.05) is 34.7 Å². The first-order chi connectivity index (χ1) is 13.5. The van der Waals surface area contributed by atoms with Crippen molar-refractivity contribution in [3.63, 3.8) is 0 Å². The van der Waals surface area contributed by atoms with Crippen LogP contribution >= 0.6 is 0 Å². The molecule has 2 N–H and O–H groups in total. The van der Waals surface area contributed by atoms with Crippen molar-refractivity contribution in [1.29, 1.82) is 0 Å². The van der Waals surface area contributed by atoms with Crippen LogP contribution in [0, 0.1) is 11.8 Å². The van der Waals surface area contributed by atoms with Crippen molar-refractivity contribution in [3.05, 3.63) is 11.6 Å². The van der Waals surface area contributed by atoms with Crippen molar-refractivity contribution in [1.82, 2.24) is 15.1 Å². The van der Waals surface area contributed by atoms with Gasteiger partial charge in [-0.1, -0.05) is 46.6 Å². The lowest BCUT2D eigenvalue weighted by molar-refractivity contribution is -0.140. The zero-order valence-corrected chi connectivity index (χ0v) is 19.1. The van der Waals surface area contributed by atoms with E-state index in [2.05, 4.69) is 10.2 Å². The molecule has 1 fully saturated rings. The SMILES string of the molecule is CC[C@H](C)[C@H](NC(=O)[C@H]1CCCCN1C)C(=O)N(C)[C@H](C=C(C)C(=O)O)C(C)C. The highest BCUT2D eigenvalue weighted by atomic mass is 16.4. The van der Waals surface area contributed by atoms with E-state index in [4.69, 9.17) is 0 Å². The number of hydrogen-bond donors (Lipinski definition) is 2. The second-order valence-corrected chi connectivity index (χ2v) is 8.70. The van der Waals surface area contributed by atoms with E-state index in [9.17, 15) is 19.5 Å². The van der Waals surface area contributed by atoms with Gasteiger partial charge < -0.3 is 15.3 Å². The third-order valence-electron chi connectivity index (χ3n) is 6.09. The van der Waals surface area contributed by atoms with Gasteiger partial charge in [-0.05, 0) is 45.2 Å². The van der Waals surface area contributed by atoms with Gasteiger partial charge in [0.15, 0.2) is 0 Å². The minimum Gasteiger partial charge on any atom is -0.478 e. The van der Waals surface area contributed by atoms with Crippen LogP contribution in [0.4, 0.5) is 0 Å². The van der Waals surface area contributed by atoms with Gasteiger partial charge in [0, 0.05) is 12.6 Å². The van der Waals surface area contributed by atoms with E-state index in [0.717, 1.165) is 32.2 Å². The number of amides is 2. The highest BCUT2D eigenvalue weighted by Gasteiger charge is 2.35. The van der Waals surface area contributed by atoms with Crippen molar-refractivity contribution < 1.29 is 19.5 Å². The van der Waals surface area contributed by atoms with Crippen LogP contribution in [-0.4, -0.2) is 71.5 Å². The molecule has 0 radical (unpaired) electrons. The zero-order valence-electron chi connectivity index (χ0n) is 19.1. The number of likely N-dealkylation sites (tertiary alicyclic amines) is 1. The first kappa shape index (κ1) is 25.1. The Bertz CT molecular complexity index is 617. The van der Waals surface area contributed by atoms with E-state index >= 15 is 0 Å². The van der Waals surface area contributed by atoms with Crippen molar-refractivity contribution >= 4 is 17.8 Å². The molecule has 4 atom stereocenters. The van der Waals surface area contributed by atoms with Gasteiger partial charge in [-0.2, -0.15) is 0 Å². The van der Waals surface area contributed by atoms with Crippen LogP contribution in [0.3, 0.4) is 0 Å². The monoisotopic (exact) mass is 409 g/mol. The van der Waals surface area contributed by atoms with Crippen LogP contribution in [0.5, 0.6) is 0 Å². The molecule has 0 bridgehead atoms. The maximum absolute atomic E-state index is 13.4. The quantitative estimate of drug-likeness (QED) is 0.571. The van der Waals surface area contributed by atoms with Gasteiger partial charge in [-0.3, -0.25) is 14.5 Å². The number of likely N-dealkylation sites (N-methyl/N-ethyl adjacent to an activating group) is 2. The molecule has 1 heterocycles. The molecule has 29 heavy (non-hydrogen) atoms. The number of aliphatic carboxylic acids is 1. The second kappa shape index (κ2) is 11.3. The molecular formula is C22H39N3O4. The predicted molar refractivity (Wildman–Crippen MR) is 114 cm³/mol. The van der Waals surface area contributed by atoms with Gasteiger partial charge in [0.25, 0.3) is 0 Å². The molecule has 1 aliphatic rings. The van der Waals surface area contributed by atoms with Gasteiger partial charge in [0.1, 0.15) is 6.04 Å². The summed E-state index contributed by atoms with van der Waals surface area (Å²) in [5, 5.41) is 12.2. The standard InChI is InChI=1S/C22H39N3O4/c1-8-15(4)19(23-20(26)17-11-9-10-12-24(17)6)21(27)25(7)18(14(2)3)13-16(5)22(28)29/h13-15,17-19H,8-12H2,1-7H3,(H,23,26)(H,28,29)/t15-,17+,18+,19-/m0/s1. The molecule has 0 aromatic rings. The Labute approximate surface area is 175 Å². The lowest BCUT2D eigenvalue weighted by Crippen LogP contribution is -2.57. The van der Waals surface area contributed by atoms with Crippen molar-refractivity contribution in [2.24, 2.45) is 11.8 Å². The van der Waals surface area contributed by atoms with Gasteiger partial charge in [-0.25, -0.2) is 4.79 Å². The van der Waals surface area contributed by atoms with E-state index in [1.165, 1.54) is 6.92 Å². The third-order valence-corrected chi connectivity index (χ3v) is 6.09. The van der Waals surface area contributed by atoms with Gasteiger partial charge in [-0.15, -0.1) is 0 Å². The van der Waals surface area contributed by atoms with Crippen LogP contribution in [0.2, 0.25) is 0 Å². The molecule has 166 valence electrons. The fourth-order valence-electron chi connectivity index (χ4n) is 3.78. The third kappa shape index (κ3) is 6.84. The first-order valence-electron chi connectivity index (χ1n) is 10.7. The second-order valence-electron chi connectivity index (χ2n) is 8.70. The summed E-state index contributed by atoms with van der Waals surface area (Å²) in [5.74, 6) is -1.27. The summed E-state index contributed by atoms with van der Waals surface area (Å²) >= 11 is 0. The topological polar surface area (TPSA) is 90.0 Å². The Morgan fingerprint density at radius 1 is 1.24 bits per heavy atom. The summed E-state index contributed by atoms with van der Waals surface area (Å²) in [5.41, 5.74) is 0.205. The van der Waals surface area contributed by atoms with Gasteiger partial charge in [0.2, 0.25) is 11.8 Å². The number of rotatable bonds is 9. The lowest BCUT2D eigenvalue weighted by atomic mass is 9.94. The number of nitrogens with zero attached hydrogens (tertiary/aromatic N) is 2. The number of carboxylic acids is 1. The minimum absolute atomic E-state index is 0.0276. The molecule has 0 spiro atoms. The molecular weight excluding hydrogens is 370 g/mol. The first-order valence-corrected chi connectivity index (χ1v) is 10.7. The molecule has 0 unspecified atom stereocenters. The Morgan fingerprint density at radius 2 is 1.86 bits per heavy atom. The highest BCUT2D eigenvalue weighted by molar-refractivity contribution is 5.90. The molecule has 0 aliphatic carbocycles. The Kier molecular flexibility index (Phi) is 9.83. The zero-order chi connectivity index (χ0) is 22.3. The van der Waals surface area contributed by atoms with Crippen molar-refractivity contribution in [3.8, 4) is 0 Å². The number of carboxylic acid groups (broad SMARTS) is 1. The molecule has 0 aromatic carbocycles. The average molecular weight is 410 g/mol. The van der Waals surface area contributed by atoms with Gasteiger partial charge in [0.05, 0.1) is 12.1 Å². The fraction of sp³-hybridized carbons (Fsp3) is 0.773. The van der Waals surface area contributed by atoms with E-state index in [-0.39, 0.29) is 41.3 Å². The summed E-state index contributed by atoms with van der Waals surface area (Å²) in [6.07, 6.45) is 5.27. The summed E-state index contributed by atoms with van der Waals surface area (Å²) in [4.78, 5) is 41.2. The van der Waals surface area contributed by atoms with Crippen LogP contribution in [0.15, 0.2) is 11.6 Å². The van der Waals surface area contributed by atoms with Crippen LogP contribution in [-0.2, 0) is 14.4 Å². The maximum Gasteiger partial charge on any atom is 0.331 e. The number of nitrogens with one attached hydrogen (secondary N) is 1. The molecule has 7 heteroatoms. The van der Waals surface area contributed by atoms with Crippen molar-refractivity contribution in [2.75, 3.05) is 20.6 Å². The number of carbonyl (C=O) groups excluding carboxylic acids is 2. The molecule has 1 rings (SSSR count). The lowest BCUT2D eigenvalue weighted by Gasteiger charge is -2.36. The molecule has 0 aromatic heterocycles. The summed E-state index contributed by atoms with van der Waals surface area (Å²) < 4.78 is 0. The maximum atomic E-state index is 13.4. The molecule has 1 aliphatic heterocycles. The molecule has 7 nitrogen and oxygen atoms in total. The van der Waals surface area contributed by atoms with E-state index in [0.29, 0.717) is 0 Å². The predicted octanol–water partition coefficient (Wildman–Crippen LogP) is 2.52. The Morgan fingerprint density at radius 3 is 2.34 bits per heavy atom. The Hall–Kier alpha value is -1.89. The van der Waals surface area contributed by atoms with Crippen LogP contribution in [0.25, 0.3) is 0 Å². The molecule has 2 amide bonds. The summed E-state index contributed by atoms with van der Waals surface area (Å²) in [7, 11) is 3.64. The smallest absolute Gasteiger partial charge is 0.331 e. The van der Waals surface area contributed by atoms with Gasteiger partial charge >= 0.3 is 5.97 Å². The molecule has 0 saturated carbocycles. The normalized spacial score (nSPS) is 21.4. The molecule has 1 saturated heterocycles. The van der Waals surface area contributed by atoms with E-state index in [1.54, 1.807) is 18.0 Å². The fourth-order valence-corrected chi connectivity index (χ4v) is 3.78. The van der Waals surface area contributed by atoms with E-state index < -0.39 is 12.0 Å².